The number of rotatable bonds is 10. The number of terminal acetylenes is 1. The minimum atomic E-state index is -0.912. The first-order chi connectivity index (χ1) is 24.2. The maximum Gasteiger partial charge on any atom is 0.407 e. The largest absolute Gasteiger partial charge is 0.486 e. The molecular weight excluding hydrogens is 639 g/mol. The van der Waals surface area contributed by atoms with E-state index in [-0.39, 0.29) is 49.1 Å². The maximum absolute atomic E-state index is 15.7. The van der Waals surface area contributed by atoms with Crippen LogP contribution in [0.3, 0.4) is 0 Å². The Morgan fingerprint density at radius 2 is 1.92 bits per heavy atom. The molecule has 3 atom stereocenters. The van der Waals surface area contributed by atoms with Crippen LogP contribution in [-0.2, 0) is 11.3 Å². The molecule has 1 aliphatic carbocycles. The van der Waals surface area contributed by atoms with Crippen molar-refractivity contribution in [3.05, 3.63) is 70.7 Å². The van der Waals surface area contributed by atoms with Crippen molar-refractivity contribution in [1.82, 2.24) is 25.1 Å². The standard InChI is InChI=1S/C38H37FN6O5/c1-5-22-6-8-23(9-7-22)19-49-35-33(32-21(3)30(39)14-31-29(32)15-40-43-31)27(24-10-11-24)13-28-34(35)41-37(50-18-20(2)48-4)42-36(28)44-16-26-12-25(44)17-45(26)38(46)47/h1,6-9,13-15,20,24-26H,10-12,16-19H2,2-4H3,(H,40,43)(H,46,47)/t20?,25-,26-/m0/s1. The van der Waals surface area contributed by atoms with Crippen LogP contribution in [0.25, 0.3) is 32.9 Å². The molecule has 5 aromatic rings. The van der Waals surface area contributed by atoms with Gasteiger partial charge in [0.25, 0.3) is 0 Å². The number of hydrogen-bond donors (Lipinski definition) is 2. The highest BCUT2D eigenvalue weighted by Crippen LogP contribution is 2.53. The number of aromatic amines is 1. The van der Waals surface area contributed by atoms with E-state index in [1.54, 1.807) is 20.2 Å². The van der Waals surface area contributed by atoms with Crippen LogP contribution in [0, 0.1) is 25.1 Å². The fourth-order valence-corrected chi connectivity index (χ4v) is 7.38. The van der Waals surface area contributed by atoms with E-state index in [2.05, 4.69) is 27.1 Å². The average Bonchev–Trinajstić information content (AvgIpc) is 3.51. The van der Waals surface area contributed by atoms with E-state index in [0.29, 0.717) is 53.2 Å². The summed E-state index contributed by atoms with van der Waals surface area (Å²) in [6.07, 6.45) is 8.86. The molecule has 4 heterocycles. The van der Waals surface area contributed by atoms with E-state index in [1.807, 2.05) is 31.2 Å². The Labute approximate surface area is 288 Å². The molecule has 1 saturated carbocycles. The van der Waals surface area contributed by atoms with Crippen molar-refractivity contribution < 1.29 is 28.5 Å². The lowest BCUT2D eigenvalue weighted by atomic mass is 9.88. The molecule has 11 nitrogen and oxygen atoms in total. The summed E-state index contributed by atoms with van der Waals surface area (Å²) >= 11 is 0. The molecule has 256 valence electrons. The van der Waals surface area contributed by atoms with Gasteiger partial charge in [0, 0.05) is 47.7 Å². The van der Waals surface area contributed by atoms with E-state index in [9.17, 15) is 9.90 Å². The van der Waals surface area contributed by atoms with Crippen LogP contribution in [0.15, 0.2) is 42.6 Å². The predicted octanol–water partition coefficient (Wildman–Crippen LogP) is 6.41. The number of piperazine rings is 1. The highest BCUT2D eigenvalue weighted by atomic mass is 19.1. The number of ether oxygens (including phenoxy) is 3. The Morgan fingerprint density at radius 1 is 1.12 bits per heavy atom. The average molecular weight is 677 g/mol. The van der Waals surface area contributed by atoms with Gasteiger partial charge in [-0.15, -0.1) is 6.42 Å². The molecule has 3 fully saturated rings. The van der Waals surface area contributed by atoms with Gasteiger partial charge < -0.3 is 29.1 Å². The minimum Gasteiger partial charge on any atom is -0.486 e. The van der Waals surface area contributed by atoms with Gasteiger partial charge >= 0.3 is 12.1 Å². The lowest BCUT2D eigenvalue weighted by molar-refractivity contribution is 0.0681. The van der Waals surface area contributed by atoms with E-state index in [4.69, 9.17) is 30.6 Å². The number of halogens is 1. The molecule has 2 aromatic heterocycles. The summed E-state index contributed by atoms with van der Waals surface area (Å²) in [5.74, 6) is 3.67. The fourth-order valence-electron chi connectivity index (χ4n) is 7.38. The highest BCUT2D eigenvalue weighted by Gasteiger charge is 2.47. The second-order valence-corrected chi connectivity index (χ2v) is 13.5. The second-order valence-electron chi connectivity index (χ2n) is 13.5. The summed E-state index contributed by atoms with van der Waals surface area (Å²) in [5.41, 5.74) is 5.73. The molecule has 2 N–H and O–H groups in total. The minimum absolute atomic E-state index is 0.0564. The number of nitrogens with one attached hydrogen (secondary N) is 1. The zero-order valence-corrected chi connectivity index (χ0v) is 28.1. The fraction of sp³-hybridized carbons (Fsp3) is 0.368. The summed E-state index contributed by atoms with van der Waals surface area (Å²) in [4.78, 5) is 25.6. The Hall–Kier alpha value is -5.41. The molecule has 3 aromatic carbocycles. The lowest BCUT2D eigenvalue weighted by Crippen LogP contribution is -2.48. The van der Waals surface area contributed by atoms with Crippen LogP contribution in [-0.4, -0.2) is 81.3 Å². The number of carboxylic acid groups (broad SMARTS) is 1. The molecule has 50 heavy (non-hydrogen) atoms. The molecule has 2 bridgehead atoms. The molecule has 0 radical (unpaired) electrons. The Kier molecular flexibility index (Phi) is 7.95. The van der Waals surface area contributed by atoms with Gasteiger partial charge in [0.1, 0.15) is 30.4 Å². The van der Waals surface area contributed by atoms with Crippen LogP contribution in [0.5, 0.6) is 11.8 Å². The third-order valence-electron chi connectivity index (χ3n) is 10.3. The summed E-state index contributed by atoms with van der Waals surface area (Å²) in [6.45, 7) is 4.96. The highest BCUT2D eigenvalue weighted by molar-refractivity contribution is 6.06. The molecule has 1 amide bonds. The number of benzene rings is 3. The summed E-state index contributed by atoms with van der Waals surface area (Å²) < 4.78 is 34.1. The zero-order chi connectivity index (χ0) is 34.7. The van der Waals surface area contributed by atoms with Gasteiger partial charge in [-0.3, -0.25) is 5.10 Å². The van der Waals surface area contributed by atoms with Crippen molar-refractivity contribution in [3.63, 3.8) is 0 Å². The Morgan fingerprint density at radius 3 is 2.60 bits per heavy atom. The van der Waals surface area contributed by atoms with Crippen LogP contribution in [0.1, 0.15) is 54.4 Å². The smallest absolute Gasteiger partial charge is 0.407 e. The van der Waals surface area contributed by atoms with Crippen LogP contribution in [0.4, 0.5) is 15.0 Å². The lowest BCUT2D eigenvalue weighted by Gasteiger charge is -2.34. The van der Waals surface area contributed by atoms with E-state index in [0.717, 1.165) is 45.9 Å². The van der Waals surface area contributed by atoms with Gasteiger partial charge in [-0.05, 0) is 80.0 Å². The Bertz CT molecular complexity index is 2180. The number of H-pyrrole nitrogens is 1. The molecule has 1 unspecified atom stereocenters. The first kappa shape index (κ1) is 31.8. The van der Waals surface area contributed by atoms with Gasteiger partial charge in [-0.25, -0.2) is 9.18 Å². The van der Waals surface area contributed by atoms with Crippen molar-refractivity contribution >= 4 is 33.7 Å². The molecule has 12 heteroatoms. The van der Waals surface area contributed by atoms with E-state index >= 15 is 4.39 Å². The van der Waals surface area contributed by atoms with Gasteiger partial charge in [0.05, 0.1) is 29.9 Å². The van der Waals surface area contributed by atoms with Crippen molar-refractivity contribution in [3.8, 4) is 35.2 Å². The number of nitrogens with zero attached hydrogens (tertiary/aromatic N) is 5. The third kappa shape index (κ3) is 5.51. The van der Waals surface area contributed by atoms with Crippen LogP contribution < -0.4 is 14.4 Å². The van der Waals surface area contributed by atoms with E-state index < -0.39 is 6.09 Å². The van der Waals surface area contributed by atoms with Gasteiger partial charge in [-0.2, -0.15) is 15.1 Å². The SMILES string of the molecule is C#Cc1ccc(COc2c(-c3c(C)c(F)cc4[nH]ncc34)c(C3CC3)cc3c(N4C[C@@H]5C[C@H]4CN5C(=O)O)nc(OCC(C)OC)nc23)cc1. The zero-order valence-electron chi connectivity index (χ0n) is 28.1. The van der Waals surface area contributed by atoms with E-state index in [1.165, 1.54) is 11.0 Å². The van der Waals surface area contributed by atoms with Crippen molar-refractivity contribution in [2.75, 3.05) is 31.7 Å². The first-order valence-corrected chi connectivity index (χ1v) is 16.8. The van der Waals surface area contributed by atoms with Gasteiger partial charge in [-0.1, -0.05) is 18.1 Å². The molecule has 8 rings (SSSR count). The molecule has 2 saturated heterocycles. The number of methoxy groups -OCH3 is 1. The first-order valence-electron chi connectivity index (χ1n) is 16.8. The third-order valence-corrected chi connectivity index (χ3v) is 10.3. The summed E-state index contributed by atoms with van der Waals surface area (Å²) in [5, 5.41) is 18.6. The summed E-state index contributed by atoms with van der Waals surface area (Å²) in [6, 6.07) is 11.1. The number of carbonyl (C=O) groups is 1. The predicted molar refractivity (Wildman–Crippen MR) is 186 cm³/mol. The normalized spacial score (nSPS) is 18.9. The van der Waals surface area contributed by atoms with Gasteiger partial charge in [0.15, 0.2) is 5.75 Å². The summed E-state index contributed by atoms with van der Waals surface area (Å²) in [7, 11) is 1.61. The van der Waals surface area contributed by atoms with Crippen LogP contribution in [0.2, 0.25) is 0 Å². The number of hydrogen-bond acceptors (Lipinski definition) is 8. The number of aromatic nitrogens is 4. The molecular formula is C38H37FN6O5. The maximum atomic E-state index is 15.7. The quantitative estimate of drug-likeness (QED) is 0.161. The van der Waals surface area contributed by atoms with Gasteiger partial charge in [0.2, 0.25) is 0 Å². The number of anilines is 1. The molecule has 2 aliphatic heterocycles. The topological polar surface area (TPSA) is 126 Å². The molecule has 3 aliphatic rings. The number of likely N-dealkylation sites (tertiary alicyclic amines) is 1. The van der Waals surface area contributed by atoms with Crippen molar-refractivity contribution in [2.45, 2.75) is 63.8 Å². The monoisotopic (exact) mass is 676 g/mol. The van der Waals surface area contributed by atoms with Crippen LogP contribution >= 0.6 is 0 Å². The van der Waals surface area contributed by atoms with Crippen molar-refractivity contribution in [1.29, 1.82) is 0 Å². The molecule has 0 spiro atoms. The second kappa shape index (κ2) is 12.5. The number of amides is 1. The Balaban J connectivity index is 1.38. The number of fused-ring (bicyclic) bond motifs is 4. The van der Waals surface area contributed by atoms with Crippen molar-refractivity contribution in [2.24, 2.45) is 0 Å².